The molecule has 1 heterocycles. The highest BCUT2D eigenvalue weighted by Gasteiger charge is 2.32. The van der Waals surface area contributed by atoms with Gasteiger partial charge in [0.25, 0.3) is 5.90 Å². The molecule has 12 heteroatoms. The molecule has 112 valence electrons. The first-order valence-corrected chi connectivity index (χ1v) is 7.64. The molecule has 0 aliphatic carbocycles. The van der Waals surface area contributed by atoms with Crippen LogP contribution in [0.3, 0.4) is 0 Å². The van der Waals surface area contributed by atoms with Crippen LogP contribution in [0.1, 0.15) is 11.3 Å². The van der Waals surface area contributed by atoms with Gasteiger partial charge in [0.2, 0.25) is 0 Å². The molecule has 6 nitrogen and oxygen atoms in total. The quantitative estimate of drug-likeness (QED) is 0.376. The van der Waals surface area contributed by atoms with Crippen molar-refractivity contribution in [2.24, 2.45) is 5.16 Å². The summed E-state index contributed by atoms with van der Waals surface area (Å²) in [7, 11) is 1.10. The first kappa shape index (κ1) is 17.1. The van der Waals surface area contributed by atoms with Crippen LogP contribution in [0.15, 0.2) is 17.4 Å². The molecule has 0 saturated carbocycles. The Morgan fingerprint density at radius 1 is 1.50 bits per heavy atom. The van der Waals surface area contributed by atoms with Gasteiger partial charge in [-0.25, -0.2) is 4.98 Å². The number of pyridine rings is 1. The number of halogens is 4. The molecule has 0 aliphatic rings. The van der Waals surface area contributed by atoms with Crippen LogP contribution in [0.4, 0.5) is 13.2 Å². The maximum atomic E-state index is 12.4. The third kappa shape index (κ3) is 4.88. The number of hydrogen-bond donors (Lipinski definition) is 2. The molecule has 0 aliphatic heterocycles. The molecule has 0 saturated heterocycles. The summed E-state index contributed by atoms with van der Waals surface area (Å²) in [5.74, 6) is -0.639. The van der Waals surface area contributed by atoms with E-state index in [2.05, 4.69) is 31.3 Å². The first-order valence-electron chi connectivity index (χ1n) is 4.64. The highest BCUT2D eigenvalue weighted by Crippen LogP contribution is 2.39. The lowest BCUT2D eigenvalue weighted by molar-refractivity contribution is -0.137. The fourth-order valence-electron chi connectivity index (χ4n) is 1.05. The van der Waals surface area contributed by atoms with Crippen LogP contribution in [-0.4, -0.2) is 27.8 Å². The monoisotopic (exact) mass is 350 g/mol. The van der Waals surface area contributed by atoms with Gasteiger partial charge in [-0.15, -0.1) is 0 Å². The molecule has 0 spiro atoms. The predicted molar refractivity (Wildman–Crippen MR) is 67.6 cm³/mol. The van der Waals surface area contributed by atoms with Gasteiger partial charge in [0.15, 0.2) is 0 Å². The second-order valence-corrected chi connectivity index (χ2v) is 6.21. The number of nitrogens with zero attached hydrogens (tertiary/aromatic N) is 2. The van der Waals surface area contributed by atoms with Gasteiger partial charge in [-0.2, -0.15) is 13.2 Å². The Hall–Kier alpha value is -0.930. The molecule has 0 unspecified atom stereocenters. The van der Waals surface area contributed by atoms with Crippen molar-refractivity contribution in [2.45, 2.75) is 6.18 Å². The van der Waals surface area contributed by atoms with E-state index in [1.54, 1.807) is 0 Å². The summed E-state index contributed by atoms with van der Waals surface area (Å²) in [6, 6.07) is 0.580. The normalized spacial score (nSPS) is 13.2. The number of hydrogen-bond acceptors (Lipinski definition) is 5. The standard InChI is InChI=1S/C8H7ClF3N2O4PS/c1-17-14-7(18-19(15,16)20)6-5(9)2-4(3-13-6)8(10,11)12/h2-3H,1H3,(H2,15,16,20). The highest BCUT2D eigenvalue weighted by molar-refractivity contribution is 8.06. The van der Waals surface area contributed by atoms with Crippen molar-refractivity contribution in [3.63, 3.8) is 0 Å². The van der Waals surface area contributed by atoms with E-state index in [-0.39, 0.29) is 5.69 Å². The Bertz CT molecular complexity index is 577. The Labute approximate surface area is 121 Å². The van der Waals surface area contributed by atoms with E-state index in [0.29, 0.717) is 12.3 Å². The molecular formula is C8H7ClF3N2O4PS. The second kappa shape index (κ2) is 6.23. The smallest absolute Gasteiger partial charge is 0.400 e. The summed E-state index contributed by atoms with van der Waals surface area (Å²) in [5, 5.41) is 2.77. The van der Waals surface area contributed by atoms with Gasteiger partial charge in [-0.3, -0.25) is 0 Å². The van der Waals surface area contributed by atoms with E-state index in [9.17, 15) is 13.2 Å². The summed E-state index contributed by atoms with van der Waals surface area (Å²) < 4.78 is 41.8. The van der Waals surface area contributed by atoms with Gasteiger partial charge in [0.1, 0.15) is 12.8 Å². The number of alkyl halides is 3. The molecule has 20 heavy (non-hydrogen) atoms. The molecule has 0 amide bonds. The summed E-state index contributed by atoms with van der Waals surface area (Å²) in [5.41, 5.74) is -1.46. The predicted octanol–water partition coefficient (Wildman–Crippen LogP) is 2.29. The van der Waals surface area contributed by atoms with Crippen molar-refractivity contribution in [1.82, 2.24) is 4.98 Å². The van der Waals surface area contributed by atoms with Gasteiger partial charge < -0.3 is 19.1 Å². The zero-order chi connectivity index (χ0) is 15.6. The van der Waals surface area contributed by atoms with Crippen molar-refractivity contribution in [3.05, 3.63) is 28.5 Å². The van der Waals surface area contributed by atoms with Gasteiger partial charge >= 0.3 is 12.9 Å². The third-order valence-corrected chi connectivity index (χ3v) is 2.67. The van der Waals surface area contributed by atoms with Crippen LogP contribution >= 0.6 is 18.3 Å². The zero-order valence-corrected chi connectivity index (χ0v) is 12.1. The average molecular weight is 351 g/mol. The summed E-state index contributed by atoms with van der Waals surface area (Å²) >= 11 is 9.85. The largest absolute Gasteiger partial charge is 0.417 e. The number of oxime groups is 1. The van der Waals surface area contributed by atoms with Gasteiger partial charge in [0.05, 0.1) is 10.6 Å². The van der Waals surface area contributed by atoms with Crippen molar-refractivity contribution in [1.29, 1.82) is 0 Å². The molecular weight excluding hydrogens is 344 g/mol. The van der Waals surface area contributed by atoms with Crippen LogP contribution in [-0.2, 0) is 27.3 Å². The van der Waals surface area contributed by atoms with Gasteiger partial charge in [-0.1, -0.05) is 11.6 Å². The van der Waals surface area contributed by atoms with Crippen LogP contribution in [0.5, 0.6) is 0 Å². The molecule has 0 bridgehead atoms. The first-order chi connectivity index (χ1) is 9.04. The molecule has 0 radical (unpaired) electrons. The van der Waals surface area contributed by atoms with E-state index in [1.165, 1.54) is 0 Å². The Morgan fingerprint density at radius 2 is 2.10 bits per heavy atom. The molecule has 0 fully saturated rings. The number of aromatic nitrogens is 1. The summed E-state index contributed by atoms with van der Waals surface area (Å²) in [4.78, 5) is 25.8. The summed E-state index contributed by atoms with van der Waals surface area (Å²) in [6.45, 7) is -4.18. The Morgan fingerprint density at radius 3 is 2.50 bits per heavy atom. The summed E-state index contributed by atoms with van der Waals surface area (Å²) in [6.07, 6.45) is -4.15. The topological polar surface area (TPSA) is 84.2 Å². The fraction of sp³-hybridized carbons (Fsp3) is 0.250. The lowest BCUT2D eigenvalue weighted by Crippen LogP contribution is -2.12. The Balaban J connectivity index is 3.23. The van der Waals surface area contributed by atoms with E-state index in [0.717, 1.165) is 7.11 Å². The maximum absolute atomic E-state index is 12.4. The van der Waals surface area contributed by atoms with E-state index in [1.807, 2.05) is 0 Å². The minimum atomic E-state index is -4.63. The van der Waals surface area contributed by atoms with E-state index in [4.69, 9.17) is 21.4 Å². The zero-order valence-electron chi connectivity index (χ0n) is 9.63. The van der Waals surface area contributed by atoms with Crippen molar-refractivity contribution >= 4 is 36.0 Å². The fourth-order valence-corrected chi connectivity index (χ4v) is 1.85. The maximum Gasteiger partial charge on any atom is 0.417 e. The van der Waals surface area contributed by atoms with Crippen molar-refractivity contribution in [2.75, 3.05) is 7.11 Å². The third-order valence-electron chi connectivity index (χ3n) is 1.75. The molecule has 1 aromatic rings. The van der Waals surface area contributed by atoms with Crippen LogP contribution in [0.2, 0.25) is 5.02 Å². The van der Waals surface area contributed by atoms with Crippen LogP contribution in [0, 0.1) is 0 Å². The molecule has 2 N–H and O–H groups in total. The van der Waals surface area contributed by atoms with Crippen LogP contribution < -0.4 is 0 Å². The van der Waals surface area contributed by atoms with Crippen LogP contribution in [0.25, 0.3) is 0 Å². The molecule has 1 aromatic heterocycles. The minimum absolute atomic E-state index is 0.376. The Kier molecular flexibility index (Phi) is 5.33. The minimum Gasteiger partial charge on any atom is -0.400 e. The second-order valence-electron chi connectivity index (χ2n) is 3.21. The SMILES string of the molecule is CON=C(OP(O)(O)=S)c1ncc(C(F)(F)F)cc1Cl. The molecule has 1 rings (SSSR count). The lowest BCUT2D eigenvalue weighted by atomic mass is 10.2. The van der Waals surface area contributed by atoms with E-state index < -0.39 is 29.4 Å². The average Bonchev–Trinajstić information content (AvgIpc) is 2.25. The van der Waals surface area contributed by atoms with Gasteiger partial charge in [-0.05, 0) is 11.2 Å². The molecule has 0 aromatic carbocycles. The number of rotatable bonds is 3. The van der Waals surface area contributed by atoms with Crippen molar-refractivity contribution < 1.29 is 32.3 Å². The lowest BCUT2D eigenvalue weighted by Gasteiger charge is -2.13. The highest BCUT2D eigenvalue weighted by atomic mass is 35.5. The van der Waals surface area contributed by atoms with Gasteiger partial charge in [0, 0.05) is 18.0 Å². The van der Waals surface area contributed by atoms with Crippen molar-refractivity contribution in [3.8, 4) is 0 Å². The van der Waals surface area contributed by atoms with E-state index >= 15 is 0 Å². The molecule has 0 atom stereocenters.